The summed E-state index contributed by atoms with van der Waals surface area (Å²) in [6.45, 7) is 27.9. The van der Waals surface area contributed by atoms with E-state index in [1.165, 1.54) is 101 Å². The number of aliphatic hydroxyl groups is 3. The number of esters is 2. The molecule has 8 fully saturated rings. The van der Waals surface area contributed by atoms with E-state index in [0.717, 1.165) is 66.3 Å². The third-order valence-electron chi connectivity index (χ3n) is 17.2. The molecule has 0 radical (unpaired) electrons. The number of ether oxygens (including phenoxy) is 2. The van der Waals surface area contributed by atoms with Gasteiger partial charge in [-0.3, -0.25) is 4.79 Å². The second kappa shape index (κ2) is 39.6. The zero-order valence-electron chi connectivity index (χ0n) is 53.6. The topological polar surface area (TPSA) is 130 Å². The molecule has 4 heterocycles. The molecule has 14 unspecified atom stereocenters. The van der Waals surface area contributed by atoms with Crippen LogP contribution >= 0.6 is 165 Å². The SMILES string of the molecule is C.C=C(C)C(=O)OCC1(C)SC2C3CCC(C3)C2S1.C=C(C)C(=O)OCC1(C)Sc2cccc(C)c2S1.CC(=O)CO.CC1(CO)SC2C3CCC(C3)C2S1.Cc1cccc(S)c1S.Cc1cccc2c1SC(C)(CO)S2.SC1C2CCC(C2)C1S.[CH2]=[V].[CH2]=[V][I]. The number of benzene rings is 3. The van der Waals surface area contributed by atoms with Crippen molar-refractivity contribution in [2.24, 2.45) is 35.5 Å². The van der Waals surface area contributed by atoms with E-state index in [2.05, 4.69) is 236 Å². The van der Waals surface area contributed by atoms with Crippen LogP contribution in [0, 0.1) is 56.3 Å². The van der Waals surface area contributed by atoms with Crippen molar-refractivity contribution in [3.63, 3.8) is 0 Å². The number of halogens is 1. The number of aliphatic hydroxyl groups excluding tert-OH is 3. The molecular formula is C68H98IO8S12V2. The first-order valence-corrected chi connectivity index (χ1v) is 45.5. The van der Waals surface area contributed by atoms with Crippen LogP contribution in [-0.2, 0) is 53.3 Å². The molecular weight excluding hydrogens is 1560 g/mol. The summed E-state index contributed by atoms with van der Waals surface area (Å²) in [7, 11) is 0. The molecule has 3 aromatic carbocycles. The van der Waals surface area contributed by atoms with Crippen molar-refractivity contribution in [1.29, 1.82) is 0 Å². The molecule has 6 saturated carbocycles. The molecule has 8 nitrogen and oxygen atoms in total. The molecule has 3 aromatic rings. The van der Waals surface area contributed by atoms with Crippen molar-refractivity contribution in [3.8, 4) is 0 Å². The van der Waals surface area contributed by atoms with Crippen molar-refractivity contribution >= 4 is 193 Å². The molecule has 6 bridgehead atoms. The molecule has 507 valence electrons. The van der Waals surface area contributed by atoms with Crippen LogP contribution in [0.2, 0.25) is 0 Å². The first kappa shape index (κ1) is 84.9. The maximum absolute atomic E-state index is 11.5. The van der Waals surface area contributed by atoms with Crippen molar-refractivity contribution in [1.82, 2.24) is 0 Å². The molecule has 0 aromatic heterocycles. The first-order valence-electron chi connectivity index (χ1n) is 30.3. The van der Waals surface area contributed by atoms with E-state index in [9.17, 15) is 24.6 Å². The first-order chi connectivity index (χ1) is 42.4. The summed E-state index contributed by atoms with van der Waals surface area (Å²) in [5.74, 6) is 4.88. The van der Waals surface area contributed by atoms with E-state index in [1.807, 2.05) is 25.1 Å². The predicted molar refractivity (Wildman–Crippen MR) is 417 cm³/mol. The van der Waals surface area contributed by atoms with Gasteiger partial charge in [-0.2, -0.15) is 25.3 Å². The van der Waals surface area contributed by atoms with E-state index in [-0.39, 0.29) is 54.7 Å². The number of rotatable bonds is 9. The Morgan fingerprint density at radius 3 is 1.21 bits per heavy atom. The Morgan fingerprint density at radius 2 is 0.890 bits per heavy atom. The van der Waals surface area contributed by atoms with E-state index in [4.69, 9.17) is 14.6 Å². The Hall–Kier alpha value is 1.47. The number of ketones is 1. The maximum atomic E-state index is 11.5. The molecule has 2 saturated heterocycles. The van der Waals surface area contributed by atoms with Crippen molar-refractivity contribution < 1.29 is 68.6 Å². The van der Waals surface area contributed by atoms with Gasteiger partial charge in [-0.05, 0) is 197 Å². The van der Waals surface area contributed by atoms with E-state index in [0.29, 0.717) is 53.9 Å². The molecule has 6 aliphatic carbocycles. The van der Waals surface area contributed by atoms with Gasteiger partial charge in [-0.15, -0.1) is 119 Å². The van der Waals surface area contributed by atoms with Crippen LogP contribution in [-0.4, -0.2) is 124 Å². The van der Waals surface area contributed by atoms with Crippen molar-refractivity contribution in [2.75, 3.05) is 33.0 Å². The molecule has 14 atom stereocenters. The summed E-state index contributed by atoms with van der Waals surface area (Å²) in [5, 5.41) is 37.7. The van der Waals surface area contributed by atoms with Crippen LogP contribution in [0.25, 0.3) is 0 Å². The van der Waals surface area contributed by atoms with E-state index < -0.39 is 0 Å². The number of carbonyl (C=O) groups is 3. The molecule has 0 spiro atoms. The monoisotopic (exact) mass is 1660 g/mol. The normalized spacial score (nSPS) is 32.4. The third kappa shape index (κ3) is 24.1. The molecule has 23 heteroatoms. The Labute approximate surface area is 629 Å². The third-order valence-corrected chi connectivity index (χ3v) is 33.9. The number of thiol groups is 4. The fourth-order valence-corrected chi connectivity index (χ4v) is 28.0. The summed E-state index contributed by atoms with van der Waals surface area (Å²) in [6, 6.07) is 18.5. The van der Waals surface area contributed by atoms with Crippen LogP contribution < -0.4 is 0 Å². The number of hydrogen-bond donors (Lipinski definition) is 7. The number of thioether (sulfide) groups is 8. The zero-order chi connectivity index (χ0) is 67.1. The zero-order valence-corrected chi connectivity index (χ0v) is 68.6. The van der Waals surface area contributed by atoms with Gasteiger partial charge in [-0.1, -0.05) is 57.0 Å². The molecule has 13 rings (SSSR count). The van der Waals surface area contributed by atoms with Gasteiger partial charge in [0.05, 0.1) is 25.5 Å². The van der Waals surface area contributed by atoms with Crippen LogP contribution in [0.5, 0.6) is 0 Å². The average molecular weight is 1660 g/mol. The Balaban J connectivity index is 0.000000229. The van der Waals surface area contributed by atoms with Gasteiger partial charge in [0.25, 0.3) is 0 Å². The molecule has 10 aliphatic rings. The summed E-state index contributed by atoms with van der Waals surface area (Å²) >= 11 is 37.5. The second-order valence-electron chi connectivity index (χ2n) is 25.0. The minimum atomic E-state index is -0.333. The number of hydrogen-bond acceptors (Lipinski definition) is 20. The van der Waals surface area contributed by atoms with Crippen molar-refractivity contribution in [2.45, 2.75) is 212 Å². The Kier molecular flexibility index (Phi) is 37.0. The molecule has 4 aliphatic heterocycles. The van der Waals surface area contributed by atoms with E-state index in [1.54, 1.807) is 60.9 Å². The molecule has 3 N–H and O–H groups in total. The Bertz CT molecular complexity index is 2870. The average Bonchev–Trinajstić information content (AvgIpc) is 1.61. The van der Waals surface area contributed by atoms with Gasteiger partial charge in [0.2, 0.25) is 0 Å². The van der Waals surface area contributed by atoms with Gasteiger partial charge in [0.15, 0.2) is 5.78 Å². The van der Waals surface area contributed by atoms with E-state index >= 15 is 0 Å². The van der Waals surface area contributed by atoms with Crippen LogP contribution in [0.15, 0.2) is 108 Å². The van der Waals surface area contributed by atoms with Gasteiger partial charge >= 0.3 is 71.8 Å². The van der Waals surface area contributed by atoms with Crippen LogP contribution in [0.4, 0.5) is 0 Å². The quantitative estimate of drug-likeness (QED) is 0.0474. The summed E-state index contributed by atoms with van der Waals surface area (Å²) in [6.07, 6.45) is 12.9. The fourth-order valence-electron chi connectivity index (χ4n) is 12.6. The molecule has 0 amide bonds. The van der Waals surface area contributed by atoms with Gasteiger partial charge in [0, 0.05) is 72.0 Å². The van der Waals surface area contributed by atoms with Gasteiger partial charge in [-0.25, -0.2) is 9.59 Å². The number of Topliss-reactive ketones (excluding diaryl/α,β-unsaturated/α-hetero) is 1. The predicted octanol–water partition coefficient (Wildman–Crippen LogP) is 18.3. The van der Waals surface area contributed by atoms with Crippen molar-refractivity contribution in [3.05, 3.63) is 95.6 Å². The summed E-state index contributed by atoms with van der Waals surface area (Å²) in [4.78, 5) is 39.6. The number of aryl methyl sites for hydroxylation is 3. The Morgan fingerprint density at radius 1 is 0.571 bits per heavy atom. The van der Waals surface area contributed by atoms with Crippen LogP contribution in [0.3, 0.4) is 0 Å². The van der Waals surface area contributed by atoms with Gasteiger partial charge in [0.1, 0.15) is 23.9 Å². The standard InChI is InChI=1S/C14H20O2S2.C14H16O2S2.C10H16OS2.C10H12OS2.C7H12S2.C7H8S2.C3H6O2.CH4.2CH2.HI.2V/c1-8(2)13(15)16-7-14(3)17-11-9-4-5-10(6-9)12(11)18-14;1-9(2)13(15)16-8-14(4)17-11-7-5-6-10(3)12(11)18-14;1-10(5-11)12-8-6-2-3-7(4-6)9(8)13-10;1-7-4-3-5-8-9(7)13-10(2,6-11)12-8;8-6-4-1-2-5(3-4)7(6)9;1-5-3-2-4-6(8)7(5)9;1-3(5)2-4;;;;;;/h9-12H,1,4-7H2,2-3H3;5-7H,1,8H2,2-4H3;6-9,11H,2-5H2,1H3;3-5,11H,6H2,1-2H3;4-9H,1-3H2;2-4,8-9H,1H3;4H,2H2,1H3;1H4;2*1H2;1H;;/q;;;;;;;;;;;;+1/p-1. The molecule has 91 heavy (non-hydrogen) atoms. The number of carbonyl (C=O) groups excluding carboxylic acids is 3. The van der Waals surface area contributed by atoms with Crippen LogP contribution in [0.1, 0.15) is 130 Å². The minimum absolute atomic E-state index is 0. The van der Waals surface area contributed by atoms with Gasteiger partial charge < -0.3 is 24.8 Å². The second-order valence-corrected chi connectivity index (χ2v) is 44.2. The number of fused-ring (bicyclic) bond motifs is 14. The fraction of sp³-hybridized carbons (Fsp3) is 0.603. The summed E-state index contributed by atoms with van der Waals surface area (Å²) < 4.78 is 10.6. The summed E-state index contributed by atoms with van der Waals surface area (Å²) in [5.41, 5.74) is 4.70.